The molecule has 3 heteroatoms. The summed E-state index contributed by atoms with van der Waals surface area (Å²) in [7, 11) is -2.55. The van der Waals surface area contributed by atoms with Crippen molar-refractivity contribution in [2.45, 2.75) is 64.5 Å². The molecule has 0 aliphatic heterocycles. The minimum atomic E-state index is -2.55. The topological polar surface area (TPSA) is 29.5 Å². The summed E-state index contributed by atoms with van der Waals surface area (Å²) in [6.45, 7) is 9.15. The lowest BCUT2D eigenvalue weighted by molar-refractivity contribution is 0.194. The molecule has 2 unspecified atom stereocenters. The Hall–Kier alpha value is -0.303. The normalized spacial score (nSPS) is 30.4. The zero-order valence-corrected chi connectivity index (χ0v) is 13.8. The van der Waals surface area contributed by atoms with E-state index in [1.165, 1.54) is 12.8 Å². The lowest BCUT2D eigenvalue weighted by Gasteiger charge is -2.32. The predicted molar refractivity (Wildman–Crippen MR) is 80.8 cm³/mol. The van der Waals surface area contributed by atoms with Crippen molar-refractivity contribution in [1.82, 2.24) is 0 Å². The molecular formula is C16H28O2Si. The highest BCUT2D eigenvalue weighted by molar-refractivity contribution is 6.68. The third-order valence-electron chi connectivity index (χ3n) is 5.00. The van der Waals surface area contributed by atoms with Crippen LogP contribution >= 0.6 is 0 Å². The van der Waals surface area contributed by atoms with Crippen molar-refractivity contribution in [2.24, 2.45) is 17.8 Å². The quantitative estimate of drug-likeness (QED) is 0.614. The van der Waals surface area contributed by atoms with Crippen LogP contribution < -0.4 is 0 Å². The lowest BCUT2D eigenvalue weighted by atomic mass is 10.1. The van der Waals surface area contributed by atoms with E-state index in [0.717, 1.165) is 31.3 Å². The van der Waals surface area contributed by atoms with E-state index in [0.29, 0.717) is 5.92 Å². The highest BCUT2D eigenvalue weighted by atomic mass is 28.4. The van der Waals surface area contributed by atoms with Crippen LogP contribution in [0.5, 0.6) is 0 Å². The predicted octanol–water partition coefficient (Wildman–Crippen LogP) is 3.70. The molecule has 0 aromatic heterocycles. The fourth-order valence-corrected chi connectivity index (χ4v) is 5.97. The molecule has 0 bridgehead atoms. The number of rotatable bonds is 5. The van der Waals surface area contributed by atoms with E-state index in [2.05, 4.69) is 39.5 Å². The summed E-state index contributed by atoms with van der Waals surface area (Å²) in [5.41, 5.74) is 0.532. The van der Waals surface area contributed by atoms with E-state index in [9.17, 15) is 4.80 Å². The van der Waals surface area contributed by atoms with Crippen molar-refractivity contribution < 1.29 is 9.22 Å². The molecule has 2 aliphatic rings. The van der Waals surface area contributed by atoms with Crippen molar-refractivity contribution in [3.63, 3.8) is 0 Å². The Morgan fingerprint density at radius 1 is 1.05 bits per heavy atom. The molecule has 2 aliphatic carbocycles. The fourth-order valence-electron chi connectivity index (χ4n) is 3.51. The van der Waals surface area contributed by atoms with Crippen LogP contribution in [-0.2, 0) is 4.43 Å². The van der Waals surface area contributed by atoms with Crippen LogP contribution in [0.25, 0.3) is 0 Å². The maximum atomic E-state index is 10.8. The highest BCUT2D eigenvalue weighted by Crippen LogP contribution is 2.53. The summed E-state index contributed by atoms with van der Waals surface area (Å²) < 4.78 is 6.10. The van der Waals surface area contributed by atoms with Crippen molar-refractivity contribution >= 4 is 8.56 Å². The molecule has 0 spiro atoms. The van der Waals surface area contributed by atoms with E-state index >= 15 is 0 Å². The van der Waals surface area contributed by atoms with Gasteiger partial charge in [-0.05, 0) is 41.7 Å². The second-order valence-corrected chi connectivity index (χ2v) is 10.9. The van der Waals surface area contributed by atoms with E-state index in [1.54, 1.807) is 0 Å². The number of hydrogen-bond donors (Lipinski definition) is 1. The first-order valence-corrected chi connectivity index (χ1v) is 9.80. The largest absolute Gasteiger partial charge is 0.410 e. The lowest BCUT2D eigenvalue weighted by Crippen LogP contribution is -2.45. The van der Waals surface area contributed by atoms with Gasteiger partial charge in [-0.25, -0.2) is 0 Å². The van der Waals surface area contributed by atoms with Gasteiger partial charge in [-0.3, -0.25) is 0 Å². The standard InChI is InChI=1S/C16H28O2Si/c1-12(2)19(17,13(3)4)18-11-16-14-9-7-5-6-8-10-15(14)16/h12-17H,7-11H2,1-4H3. The molecule has 1 N–H and O–H groups in total. The Morgan fingerprint density at radius 2 is 1.53 bits per heavy atom. The van der Waals surface area contributed by atoms with Gasteiger partial charge in [0, 0.05) is 19.4 Å². The van der Waals surface area contributed by atoms with E-state index in [-0.39, 0.29) is 11.1 Å². The molecule has 0 amide bonds. The van der Waals surface area contributed by atoms with Gasteiger partial charge in [0.2, 0.25) is 0 Å². The number of hydrogen-bond acceptors (Lipinski definition) is 2. The second kappa shape index (κ2) is 5.99. The fraction of sp³-hybridized carbons (Fsp3) is 0.875. The maximum absolute atomic E-state index is 10.8. The van der Waals surface area contributed by atoms with Crippen molar-refractivity contribution in [3.05, 3.63) is 0 Å². The van der Waals surface area contributed by atoms with Crippen LogP contribution in [0.4, 0.5) is 0 Å². The highest BCUT2D eigenvalue weighted by Gasteiger charge is 2.51. The third kappa shape index (κ3) is 3.24. The molecule has 0 radical (unpaired) electrons. The summed E-state index contributed by atoms with van der Waals surface area (Å²) >= 11 is 0. The molecule has 0 aromatic carbocycles. The summed E-state index contributed by atoms with van der Waals surface area (Å²) in [5.74, 6) is 8.79. The van der Waals surface area contributed by atoms with Gasteiger partial charge in [-0.1, -0.05) is 27.7 Å². The summed E-state index contributed by atoms with van der Waals surface area (Å²) in [6.07, 6.45) is 4.56. The average Bonchev–Trinajstić information content (AvgIpc) is 2.95. The first-order valence-electron chi connectivity index (χ1n) is 7.79. The Kier molecular flexibility index (Phi) is 4.76. The molecule has 2 atom stereocenters. The zero-order chi connectivity index (χ0) is 14.0. The van der Waals surface area contributed by atoms with Crippen LogP contribution in [-0.4, -0.2) is 20.0 Å². The Bertz CT molecular complexity index is 341. The third-order valence-corrected chi connectivity index (χ3v) is 8.94. The molecular weight excluding hydrogens is 252 g/mol. The van der Waals surface area contributed by atoms with E-state index < -0.39 is 8.56 Å². The molecule has 0 heterocycles. The molecule has 108 valence electrons. The number of fused-ring (bicyclic) bond motifs is 1. The molecule has 1 saturated carbocycles. The van der Waals surface area contributed by atoms with Crippen LogP contribution in [0.15, 0.2) is 0 Å². The van der Waals surface area contributed by atoms with Crippen LogP contribution in [0.3, 0.4) is 0 Å². The van der Waals surface area contributed by atoms with Gasteiger partial charge in [0.15, 0.2) is 0 Å². The average molecular weight is 280 g/mol. The van der Waals surface area contributed by atoms with Crippen molar-refractivity contribution in [1.29, 1.82) is 0 Å². The zero-order valence-electron chi connectivity index (χ0n) is 12.8. The minimum Gasteiger partial charge on any atom is -0.410 e. The summed E-state index contributed by atoms with van der Waals surface area (Å²) in [5, 5.41) is 0. The summed E-state index contributed by atoms with van der Waals surface area (Å²) in [6, 6.07) is 0. The molecule has 19 heavy (non-hydrogen) atoms. The SMILES string of the molecule is CC(C)[Si](O)(OCC1C2CCC#CCCC21)C(C)C. The Balaban J connectivity index is 1.86. The van der Waals surface area contributed by atoms with Crippen molar-refractivity contribution in [2.75, 3.05) is 6.61 Å². The van der Waals surface area contributed by atoms with Gasteiger partial charge >= 0.3 is 8.56 Å². The summed E-state index contributed by atoms with van der Waals surface area (Å²) in [4.78, 5) is 10.8. The molecule has 1 fully saturated rings. The van der Waals surface area contributed by atoms with Gasteiger partial charge in [-0.2, -0.15) is 0 Å². The minimum absolute atomic E-state index is 0.266. The second-order valence-electron chi connectivity index (χ2n) is 6.79. The van der Waals surface area contributed by atoms with Gasteiger partial charge < -0.3 is 9.22 Å². The van der Waals surface area contributed by atoms with Crippen LogP contribution in [0, 0.1) is 29.6 Å². The molecule has 0 saturated heterocycles. The van der Waals surface area contributed by atoms with Gasteiger partial charge in [0.05, 0.1) is 0 Å². The monoisotopic (exact) mass is 280 g/mol. The van der Waals surface area contributed by atoms with E-state index in [1.807, 2.05) is 0 Å². The van der Waals surface area contributed by atoms with Crippen LogP contribution in [0.1, 0.15) is 53.4 Å². The van der Waals surface area contributed by atoms with Crippen LogP contribution in [0.2, 0.25) is 11.1 Å². The molecule has 2 rings (SSSR count). The van der Waals surface area contributed by atoms with Crippen molar-refractivity contribution in [3.8, 4) is 11.8 Å². The Morgan fingerprint density at radius 3 is 1.95 bits per heavy atom. The van der Waals surface area contributed by atoms with Gasteiger partial charge in [-0.15, -0.1) is 11.8 Å². The Labute approximate surface area is 119 Å². The van der Waals surface area contributed by atoms with Gasteiger partial charge in [0.1, 0.15) is 0 Å². The molecule has 2 nitrogen and oxygen atoms in total. The first kappa shape index (κ1) is 15.1. The molecule has 0 aromatic rings. The first-order chi connectivity index (χ1) is 8.97. The van der Waals surface area contributed by atoms with Gasteiger partial charge in [0.25, 0.3) is 0 Å². The maximum Gasteiger partial charge on any atom is 0.340 e. The van der Waals surface area contributed by atoms with E-state index in [4.69, 9.17) is 4.43 Å². The smallest absolute Gasteiger partial charge is 0.340 e.